The largest absolute Gasteiger partial charge is 0.496 e. The third-order valence-corrected chi connectivity index (χ3v) is 26.2. The predicted molar refractivity (Wildman–Crippen MR) is 449 cm³/mol. The molecule has 4 bridgehead atoms. The highest BCUT2D eigenvalue weighted by Gasteiger charge is 2.59. The first-order valence-corrected chi connectivity index (χ1v) is 41.0. The molecule has 624 valence electrons. The van der Waals surface area contributed by atoms with Crippen LogP contribution >= 0.6 is 0 Å². The van der Waals surface area contributed by atoms with E-state index in [9.17, 15) is 44.4 Å². The summed E-state index contributed by atoms with van der Waals surface area (Å²) in [4.78, 5) is 89.2. The molecule has 2 aliphatic heterocycles. The van der Waals surface area contributed by atoms with Gasteiger partial charge in [0.25, 0.3) is 11.8 Å². The van der Waals surface area contributed by atoms with Gasteiger partial charge in [-0.25, -0.2) is 0 Å². The fraction of sp³-hybridized carbons (Fsp3) is 0.549. The quantitative estimate of drug-likeness (QED) is 0.0190. The Balaban J connectivity index is 0.000000227. The summed E-state index contributed by atoms with van der Waals surface area (Å²) < 4.78 is 12.2. The molecule has 2 heterocycles. The van der Waals surface area contributed by atoms with E-state index < -0.39 is 54.2 Å². The highest BCUT2D eigenvalue weighted by molar-refractivity contribution is 5.99. The van der Waals surface area contributed by atoms with E-state index in [0.717, 1.165) is 46.3 Å². The van der Waals surface area contributed by atoms with Crippen LogP contribution in [0.4, 0.5) is 11.4 Å². The lowest BCUT2D eigenvalue weighted by molar-refractivity contribution is -0.183. The van der Waals surface area contributed by atoms with E-state index in [1.54, 1.807) is 62.3 Å². The zero-order valence-electron chi connectivity index (χ0n) is 70.5. The summed E-state index contributed by atoms with van der Waals surface area (Å²) in [6.45, 7) is 17.9. The molecule has 6 aliphatic carbocycles. The van der Waals surface area contributed by atoms with Crippen molar-refractivity contribution in [3.63, 3.8) is 0 Å². The van der Waals surface area contributed by atoms with Gasteiger partial charge in [-0.15, -0.1) is 0 Å². The number of carbonyl (C=O) groups excluding carboxylic acids is 5. The van der Waals surface area contributed by atoms with Gasteiger partial charge in [0, 0.05) is 115 Å². The second kappa shape index (κ2) is 37.4. The number of carbonyl (C=O) groups is 5. The molecule has 18 atom stereocenters. The Hall–Kier alpha value is -8.53. The molecule has 0 spiro atoms. The molecule has 8 fully saturated rings. The number of nitrogens with zero attached hydrogens (tertiary/aromatic N) is 6. The number of aliphatic hydroxyl groups excluding tert-OH is 4. The summed E-state index contributed by atoms with van der Waals surface area (Å²) in [5.41, 5.74) is 15.1. The molecule has 8 aliphatic rings. The van der Waals surface area contributed by atoms with Gasteiger partial charge in [0.05, 0.1) is 59.3 Å². The minimum Gasteiger partial charge on any atom is -0.496 e. The molecule has 6 aromatic carbocycles. The van der Waals surface area contributed by atoms with Gasteiger partial charge < -0.3 is 76.5 Å². The average Bonchev–Trinajstić information content (AvgIpc) is 1.21. The van der Waals surface area contributed by atoms with Gasteiger partial charge in [-0.2, -0.15) is 10.1 Å². The highest BCUT2D eigenvalue weighted by atomic mass is 16.7. The minimum atomic E-state index is -0.938. The van der Waals surface area contributed by atoms with E-state index in [4.69, 9.17) is 24.9 Å². The molecular formula is C91H127N11O13. The lowest BCUT2D eigenvalue weighted by atomic mass is 9.45. The topological polar surface area (TPSA) is 297 Å². The molecule has 2 saturated heterocycles. The number of primary amides is 1. The second-order valence-electron chi connectivity index (χ2n) is 35.5. The first-order chi connectivity index (χ1) is 54.6. The lowest BCUT2D eigenvalue weighted by Crippen LogP contribution is -2.62. The lowest BCUT2D eigenvalue weighted by Gasteiger charge is -2.62. The van der Waals surface area contributed by atoms with E-state index in [-0.39, 0.29) is 91.5 Å². The smallest absolute Gasteiger partial charge is 0.251 e. The summed E-state index contributed by atoms with van der Waals surface area (Å²) in [5, 5.41) is 59.2. The third kappa shape index (κ3) is 19.7. The summed E-state index contributed by atoms with van der Waals surface area (Å²) in [6.07, 6.45) is 2.15. The Labute approximate surface area is 680 Å². The van der Waals surface area contributed by atoms with Crippen LogP contribution in [0.2, 0.25) is 0 Å². The van der Waals surface area contributed by atoms with Crippen LogP contribution in [0.15, 0.2) is 133 Å². The van der Waals surface area contributed by atoms with Gasteiger partial charge in [0.2, 0.25) is 17.7 Å². The first-order valence-electron chi connectivity index (χ1n) is 41.0. The van der Waals surface area contributed by atoms with Gasteiger partial charge in [0.15, 0.2) is 0 Å². The van der Waals surface area contributed by atoms with E-state index in [2.05, 4.69) is 79.8 Å². The van der Waals surface area contributed by atoms with Crippen LogP contribution in [-0.2, 0) is 50.0 Å². The Morgan fingerprint density at radius 1 is 0.548 bits per heavy atom. The van der Waals surface area contributed by atoms with Crippen molar-refractivity contribution in [2.75, 3.05) is 106 Å². The minimum absolute atomic E-state index is 0.00434. The maximum Gasteiger partial charge on any atom is 0.251 e. The molecule has 24 heteroatoms. The predicted octanol–water partition coefficient (Wildman–Crippen LogP) is 8.84. The fourth-order valence-corrected chi connectivity index (χ4v) is 19.8. The van der Waals surface area contributed by atoms with Crippen LogP contribution in [0.3, 0.4) is 0 Å². The fourth-order valence-electron chi connectivity index (χ4n) is 19.8. The molecule has 0 aromatic heterocycles. The van der Waals surface area contributed by atoms with Crippen molar-refractivity contribution in [1.29, 1.82) is 0 Å². The Kier molecular flexibility index (Phi) is 28.4. The van der Waals surface area contributed by atoms with Crippen molar-refractivity contribution in [2.45, 2.75) is 168 Å². The number of hydrogen-bond acceptors (Lipinski definition) is 19. The van der Waals surface area contributed by atoms with Crippen molar-refractivity contribution >= 4 is 40.9 Å². The molecule has 6 saturated carbocycles. The number of ether oxygens (including phenoxy) is 2. The number of nitrogens with one attached hydrogen (secondary N) is 4. The monoisotopic (exact) mass is 1580 g/mol. The zero-order valence-corrected chi connectivity index (χ0v) is 70.5. The van der Waals surface area contributed by atoms with Crippen molar-refractivity contribution in [2.24, 2.45) is 63.9 Å². The van der Waals surface area contributed by atoms with Crippen LogP contribution in [0.5, 0.6) is 11.5 Å². The molecule has 24 nitrogen and oxygen atoms in total. The number of hydroxylamine groups is 4. The number of anilines is 2. The SMILES string of the molecule is COc1c(CN2O[C@@H](CO)[C@@H]([C@H](C)O)[C@H]2C(=O)N[C@H]2C[C@H]3C[C@@H]([C@@H]2C)C3(C)C)cccc1-c1cc(C(=O)N[C@@H](Cc2ccccc2)CN(C)C)cc(N(C)C)c1.COc1c(CN2O[C@@H](CO)[C@@H]([C@H](C)O)[C@H]2C(=O)N[C@H]2C[C@H]3C[C@@H]([C@@H]2C)C3(C)C)cccc1-c1cc(C(=O)N[C@@H](Cc2ccccc2)CN(C)C)cc(N(C)CC(N)=O)c1. The third-order valence-electron chi connectivity index (χ3n) is 26.2. The molecule has 6 aromatic rings. The summed E-state index contributed by atoms with van der Waals surface area (Å²) in [7, 11) is 16.8. The van der Waals surface area contributed by atoms with Crippen molar-refractivity contribution in [1.82, 2.24) is 41.2 Å². The van der Waals surface area contributed by atoms with Gasteiger partial charge >= 0.3 is 0 Å². The molecule has 10 N–H and O–H groups in total. The van der Waals surface area contributed by atoms with E-state index in [1.165, 1.54) is 12.8 Å². The average molecular weight is 1580 g/mol. The van der Waals surface area contributed by atoms with Gasteiger partial charge in [-0.1, -0.05) is 139 Å². The molecule has 5 amide bonds. The van der Waals surface area contributed by atoms with Crippen LogP contribution in [0.25, 0.3) is 22.3 Å². The molecule has 115 heavy (non-hydrogen) atoms. The Bertz CT molecular complexity index is 4330. The van der Waals surface area contributed by atoms with Crippen LogP contribution in [0.1, 0.15) is 124 Å². The maximum absolute atomic E-state index is 14.3. The van der Waals surface area contributed by atoms with E-state index >= 15 is 0 Å². The number of para-hydroxylation sites is 2. The number of likely N-dealkylation sites (N-methyl/N-ethyl adjacent to an activating group) is 3. The number of fused-ring (bicyclic) bond motifs is 4. The Morgan fingerprint density at radius 3 is 1.28 bits per heavy atom. The van der Waals surface area contributed by atoms with Crippen molar-refractivity contribution < 1.29 is 63.5 Å². The standard InChI is InChI=1S/C46H64N6O7.C45H63N5O6/c1-27-37-21-33(46(37,3)4)22-38(27)49-45(57)42-41(28(2)54)39(26-53)59-52(42)23-30-15-12-16-36(43(30)58-8)31-18-32(20-35(19-31)51(7)25-40(47)55)44(56)48-34(24-50(5)6)17-29-13-10-9-11-14-29;1-27-37-22-33(45(37,3)4)23-38(27)47-44(54)41-40(28(2)52)39(26-51)56-50(41)24-30-16-13-17-36(42(30)55-9)31-19-32(21-35(20-31)49(7)8)43(53)46-34(25-48(5)6)18-29-14-11-10-12-15-29/h9-16,18-20,27-28,33-34,37-39,41-42,53-54H,17,21-26H2,1-8H3,(H2,47,55)(H,48,56)(H,49,57);10-17,19-21,27-28,33-34,37-41,51-52H,18,22-26H2,1-9H3,(H,46,53)(H,47,54)/t27-,28-,33+,34-,37-,38-,39-,41+,42-;27-,28-,33+,34-,37-,38-,39-,40+,41-/m00/s1. The van der Waals surface area contributed by atoms with E-state index in [0.29, 0.717) is 106 Å². The highest BCUT2D eigenvalue weighted by Crippen LogP contribution is 2.62. The summed E-state index contributed by atoms with van der Waals surface area (Å²) >= 11 is 0. The van der Waals surface area contributed by atoms with E-state index in [1.807, 2.05) is 161 Å². The second-order valence-corrected chi connectivity index (χ2v) is 35.5. The van der Waals surface area contributed by atoms with Gasteiger partial charge in [0.1, 0.15) is 35.8 Å². The number of rotatable bonds is 32. The molecule has 0 radical (unpaired) electrons. The number of amides is 5. The number of hydrogen-bond donors (Lipinski definition) is 9. The van der Waals surface area contributed by atoms with Crippen LogP contribution in [0, 0.1) is 58.2 Å². The normalized spacial score (nSPS) is 26.2. The van der Waals surface area contributed by atoms with Gasteiger partial charge in [-0.3, -0.25) is 33.6 Å². The number of methoxy groups -OCH3 is 2. The first kappa shape index (κ1) is 87.3. The number of nitrogens with two attached hydrogens (primary N) is 1. The van der Waals surface area contributed by atoms with Crippen molar-refractivity contribution in [3.8, 4) is 33.8 Å². The number of benzene rings is 6. The Morgan fingerprint density at radius 2 is 0.939 bits per heavy atom. The molecule has 0 unspecified atom stereocenters. The summed E-state index contributed by atoms with van der Waals surface area (Å²) in [5.74, 6) is 1.19. The zero-order chi connectivity index (χ0) is 83.2. The van der Waals surface area contributed by atoms with Crippen molar-refractivity contribution in [3.05, 3.63) is 167 Å². The summed E-state index contributed by atoms with van der Waals surface area (Å²) in [6, 6.07) is 41.0. The van der Waals surface area contributed by atoms with Crippen LogP contribution in [-0.4, -0.2) is 227 Å². The van der Waals surface area contributed by atoms with Crippen LogP contribution < -0.4 is 46.3 Å². The van der Waals surface area contributed by atoms with Gasteiger partial charge in [-0.05, 0) is 186 Å². The number of aliphatic hydroxyl groups is 4. The molecular weight excluding hydrogens is 1460 g/mol. The molecule has 14 rings (SSSR count). The maximum atomic E-state index is 14.3.